The molecule has 2 unspecified atom stereocenters. The fourth-order valence-electron chi connectivity index (χ4n) is 3.12. The average Bonchev–Trinajstić information content (AvgIpc) is 2.69. The first-order chi connectivity index (χ1) is 9.11. The van der Waals surface area contributed by atoms with Crippen molar-refractivity contribution in [2.75, 3.05) is 0 Å². The minimum atomic E-state index is -0.121. The van der Waals surface area contributed by atoms with Crippen molar-refractivity contribution in [3.63, 3.8) is 0 Å². The minimum absolute atomic E-state index is 0.0463. The van der Waals surface area contributed by atoms with Crippen molar-refractivity contribution in [2.24, 2.45) is 5.92 Å². The number of benzene rings is 2. The Balaban J connectivity index is 2.26. The number of Topliss-reactive ketones (excluding diaryl/α,β-unsaturated/α-hetero) is 1. The quantitative estimate of drug-likeness (QED) is 0.840. The molecule has 0 spiro atoms. The van der Waals surface area contributed by atoms with Gasteiger partial charge < -0.3 is 5.11 Å². The van der Waals surface area contributed by atoms with Crippen molar-refractivity contribution in [3.05, 3.63) is 64.7 Å². The Morgan fingerprint density at radius 2 is 1.74 bits per heavy atom. The molecule has 0 bridgehead atoms. The largest absolute Gasteiger partial charge is 0.507 e. The maximum absolute atomic E-state index is 12.4. The van der Waals surface area contributed by atoms with E-state index in [4.69, 9.17) is 0 Å². The smallest absolute Gasteiger partial charge is 0.170 e. The molecule has 1 aliphatic rings. The van der Waals surface area contributed by atoms with Gasteiger partial charge in [0.1, 0.15) is 5.75 Å². The first kappa shape index (κ1) is 12.0. The standard InChI is InChI=1S/C17H16O2/c1-10-8-9-13(18)16-14(10)15(11(2)17(16)19)12-6-4-3-5-7-12/h3-9,11,15,18H,1-2H3. The predicted molar refractivity (Wildman–Crippen MR) is 74.6 cm³/mol. The summed E-state index contributed by atoms with van der Waals surface area (Å²) in [5, 5.41) is 9.99. The van der Waals surface area contributed by atoms with E-state index < -0.39 is 0 Å². The van der Waals surface area contributed by atoms with Crippen LogP contribution in [-0.4, -0.2) is 10.9 Å². The zero-order valence-electron chi connectivity index (χ0n) is 11.1. The van der Waals surface area contributed by atoms with E-state index in [1.54, 1.807) is 6.07 Å². The van der Waals surface area contributed by atoms with Crippen molar-refractivity contribution < 1.29 is 9.90 Å². The van der Waals surface area contributed by atoms with Crippen LogP contribution in [0.4, 0.5) is 0 Å². The van der Waals surface area contributed by atoms with E-state index in [0.29, 0.717) is 5.56 Å². The van der Waals surface area contributed by atoms with Crippen LogP contribution in [0.2, 0.25) is 0 Å². The SMILES string of the molecule is Cc1ccc(O)c2c1C(c1ccccc1)C(C)C2=O. The van der Waals surface area contributed by atoms with Crippen LogP contribution in [0.3, 0.4) is 0 Å². The maximum atomic E-state index is 12.4. The van der Waals surface area contributed by atoms with Crippen LogP contribution in [0.1, 0.15) is 39.9 Å². The Kier molecular flexibility index (Phi) is 2.67. The molecule has 0 amide bonds. The lowest BCUT2D eigenvalue weighted by Crippen LogP contribution is -2.10. The lowest BCUT2D eigenvalue weighted by Gasteiger charge is -2.17. The highest BCUT2D eigenvalue weighted by Gasteiger charge is 2.40. The fourth-order valence-corrected chi connectivity index (χ4v) is 3.12. The summed E-state index contributed by atoms with van der Waals surface area (Å²) in [4.78, 5) is 12.4. The zero-order chi connectivity index (χ0) is 13.6. The Morgan fingerprint density at radius 1 is 1.05 bits per heavy atom. The molecule has 1 N–H and O–H groups in total. The van der Waals surface area contributed by atoms with Gasteiger partial charge in [-0.3, -0.25) is 4.79 Å². The highest BCUT2D eigenvalue weighted by molar-refractivity contribution is 6.06. The fraction of sp³-hybridized carbons (Fsp3) is 0.235. The molecule has 2 nitrogen and oxygen atoms in total. The van der Waals surface area contributed by atoms with Crippen LogP contribution in [0.5, 0.6) is 5.75 Å². The van der Waals surface area contributed by atoms with Crippen LogP contribution < -0.4 is 0 Å². The molecule has 0 fully saturated rings. The molecule has 0 radical (unpaired) electrons. The van der Waals surface area contributed by atoms with Gasteiger partial charge in [0.05, 0.1) is 5.56 Å². The van der Waals surface area contributed by atoms with Crippen LogP contribution in [-0.2, 0) is 0 Å². The van der Waals surface area contributed by atoms with E-state index in [0.717, 1.165) is 16.7 Å². The summed E-state index contributed by atoms with van der Waals surface area (Å²) in [5.41, 5.74) is 3.71. The number of ketones is 1. The van der Waals surface area contributed by atoms with Gasteiger partial charge in [-0.05, 0) is 29.7 Å². The first-order valence-corrected chi connectivity index (χ1v) is 6.53. The second kappa shape index (κ2) is 4.23. The van der Waals surface area contributed by atoms with Gasteiger partial charge in [-0.25, -0.2) is 0 Å². The molecule has 2 aromatic rings. The number of hydrogen-bond donors (Lipinski definition) is 1. The van der Waals surface area contributed by atoms with Gasteiger partial charge in [0.25, 0.3) is 0 Å². The molecule has 0 saturated carbocycles. The summed E-state index contributed by atoms with van der Waals surface area (Å²) < 4.78 is 0. The van der Waals surface area contributed by atoms with Crippen molar-refractivity contribution in [2.45, 2.75) is 19.8 Å². The molecular formula is C17H16O2. The lowest BCUT2D eigenvalue weighted by molar-refractivity contribution is 0.0937. The maximum Gasteiger partial charge on any atom is 0.170 e. The second-order valence-corrected chi connectivity index (χ2v) is 5.23. The molecule has 0 heterocycles. The number of aromatic hydroxyl groups is 1. The average molecular weight is 252 g/mol. The second-order valence-electron chi connectivity index (χ2n) is 5.23. The molecule has 1 aliphatic carbocycles. The van der Waals surface area contributed by atoms with E-state index in [-0.39, 0.29) is 23.4 Å². The van der Waals surface area contributed by atoms with Crippen molar-refractivity contribution in [1.29, 1.82) is 0 Å². The number of fused-ring (bicyclic) bond motifs is 1. The Labute approximate surface area is 112 Å². The van der Waals surface area contributed by atoms with Gasteiger partial charge in [-0.2, -0.15) is 0 Å². The number of hydrogen-bond acceptors (Lipinski definition) is 2. The molecule has 19 heavy (non-hydrogen) atoms. The minimum Gasteiger partial charge on any atom is -0.507 e. The van der Waals surface area contributed by atoms with Gasteiger partial charge in [0, 0.05) is 11.8 Å². The molecule has 3 rings (SSSR count). The molecule has 2 atom stereocenters. The van der Waals surface area contributed by atoms with E-state index >= 15 is 0 Å². The summed E-state index contributed by atoms with van der Waals surface area (Å²) >= 11 is 0. The molecule has 96 valence electrons. The van der Waals surface area contributed by atoms with E-state index in [2.05, 4.69) is 0 Å². The van der Waals surface area contributed by atoms with Gasteiger partial charge in [0.2, 0.25) is 0 Å². The number of aryl methyl sites for hydroxylation is 1. The summed E-state index contributed by atoms with van der Waals surface area (Å²) in [6, 6.07) is 13.5. The molecule has 2 heteroatoms. The highest BCUT2D eigenvalue weighted by atomic mass is 16.3. The molecule has 2 aromatic carbocycles. The number of phenols is 1. The molecule has 0 aliphatic heterocycles. The van der Waals surface area contributed by atoms with E-state index in [1.807, 2.05) is 50.2 Å². The summed E-state index contributed by atoms with van der Waals surface area (Å²) in [6.07, 6.45) is 0. The van der Waals surface area contributed by atoms with Gasteiger partial charge in [-0.15, -0.1) is 0 Å². The van der Waals surface area contributed by atoms with Crippen molar-refractivity contribution in [3.8, 4) is 5.75 Å². The van der Waals surface area contributed by atoms with E-state index in [1.165, 1.54) is 0 Å². The molecule has 0 saturated heterocycles. The number of phenolic OH excluding ortho intramolecular Hbond substituents is 1. The van der Waals surface area contributed by atoms with Crippen LogP contribution in [0.15, 0.2) is 42.5 Å². The third kappa shape index (κ3) is 1.67. The van der Waals surface area contributed by atoms with E-state index in [9.17, 15) is 9.90 Å². The van der Waals surface area contributed by atoms with Crippen molar-refractivity contribution >= 4 is 5.78 Å². The van der Waals surface area contributed by atoms with Gasteiger partial charge in [-0.1, -0.05) is 43.3 Å². The normalized spacial score (nSPS) is 21.5. The van der Waals surface area contributed by atoms with Crippen LogP contribution >= 0.6 is 0 Å². The Morgan fingerprint density at radius 3 is 2.42 bits per heavy atom. The predicted octanol–water partition coefficient (Wildman–Crippen LogP) is 3.66. The summed E-state index contributed by atoms with van der Waals surface area (Å²) in [7, 11) is 0. The third-order valence-electron chi connectivity index (χ3n) is 4.07. The van der Waals surface area contributed by atoms with Crippen molar-refractivity contribution in [1.82, 2.24) is 0 Å². The third-order valence-corrected chi connectivity index (χ3v) is 4.07. The van der Waals surface area contributed by atoms with Crippen LogP contribution in [0.25, 0.3) is 0 Å². The Bertz CT molecular complexity index is 644. The Hall–Kier alpha value is -2.09. The first-order valence-electron chi connectivity index (χ1n) is 6.53. The number of rotatable bonds is 1. The molecule has 0 aromatic heterocycles. The number of carbonyl (C=O) groups excluding carboxylic acids is 1. The summed E-state index contributed by atoms with van der Waals surface area (Å²) in [5.74, 6) is 0.0844. The highest BCUT2D eigenvalue weighted by Crippen LogP contribution is 2.46. The lowest BCUT2D eigenvalue weighted by atomic mass is 9.85. The monoisotopic (exact) mass is 252 g/mol. The topological polar surface area (TPSA) is 37.3 Å². The summed E-state index contributed by atoms with van der Waals surface area (Å²) in [6.45, 7) is 3.94. The zero-order valence-corrected chi connectivity index (χ0v) is 11.1. The van der Waals surface area contributed by atoms with Crippen LogP contribution in [0, 0.1) is 12.8 Å². The van der Waals surface area contributed by atoms with Gasteiger partial charge in [0.15, 0.2) is 5.78 Å². The number of carbonyl (C=O) groups is 1. The molecular weight excluding hydrogens is 236 g/mol. The van der Waals surface area contributed by atoms with Gasteiger partial charge >= 0.3 is 0 Å².